The molecule has 0 spiro atoms. The number of alkyl halides is 6. The highest BCUT2D eigenvalue weighted by Crippen LogP contribution is 2.34. The summed E-state index contributed by atoms with van der Waals surface area (Å²) < 4.78 is 76.2. The van der Waals surface area contributed by atoms with E-state index in [0.29, 0.717) is 12.1 Å². The Morgan fingerprint density at radius 1 is 1.06 bits per heavy atom. The van der Waals surface area contributed by atoms with Crippen molar-refractivity contribution < 1.29 is 43.5 Å². The predicted molar refractivity (Wildman–Crippen MR) is 47.4 cm³/mol. The lowest BCUT2D eigenvalue weighted by molar-refractivity contribution is -0.153. The van der Waals surface area contributed by atoms with Crippen LogP contribution >= 0.6 is 0 Å². The van der Waals surface area contributed by atoms with E-state index < -0.39 is 36.0 Å². The number of nitrogens with two attached hydrogens (primary N) is 1. The topological polar surface area (TPSA) is 35.2 Å². The van der Waals surface area contributed by atoms with Crippen molar-refractivity contribution in [2.75, 3.05) is 12.3 Å². The largest absolute Gasteiger partial charge is 1.00 e. The van der Waals surface area contributed by atoms with E-state index >= 15 is 0 Å². The van der Waals surface area contributed by atoms with Crippen molar-refractivity contribution in [2.45, 2.75) is 12.4 Å². The highest BCUT2D eigenvalue weighted by atomic mass is 35.5. The third kappa shape index (κ3) is 4.91. The van der Waals surface area contributed by atoms with Gasteiger partial charge in [-0.1, -0.05) is 0 Å². The first-order chi connectivity index (χ1) is 7.59. The van der Waals surface area contributed by atoms with Crippen molar-refractivity contribution in [3.8, 4) is 5.75 Å². The van der Waals surface area contributed by atoms with Crippen LogP contribution in [0.15, 0.2) is 18.2 Å². The van der Waals surface area contributed by atoms with Crippen molar-refractivity contribution in [1.82, 2.24) is 0 Å². The molecule has 2 nitrogen and oxygen atoms in total. The highest BCUT2D eigenvalue weighted by Gasteiger charge is 2.32. The van der Waals surface area contributed by atoms with Gasteiger partial charge in [-0.2, -0.15) is 26.3 Å². The summed E-state index contributed by atoms with van der Waals surface area (Å²) in [5.74, 6) is -0.435. The second-order valence-electron chi connectivity index (χ2n) is 3.15. The zero-order chi connectivity index (χ0) is 13.3. The molecule has 0 aromatic heterocycles. The van der Waals surface area contributed by atoms with Crippen LogP contribution in [-0.2, 0) is 6.18 Å². The average molecular weight is 295 g/mol. The maximum absolute atomic E-state index is 12.2. The van der Waals surface area contributed by atoms with Gasteiger partial charge in [0.05, 0.1) is 11.3 Å². The van der Waals surface area contributed by atoms with Gasteiger partial charge in [-0.3, -0.25) is 0 Å². The van der Waals surface area contributed by atoms with Gasteiger partial charge in [0.2, 0.25) is 0 Å². The Morgan fingerprint density at radius 2 is 1.61 bits per heavy atom. The number of halogens is 7. The average Bonchev–Trinajstić information content (AvgIpc) is 2.12. The molecule has 0 aliphatic heterocycles. The Labute approximate surface area is 104 Å². The lowest BCUT2D eigenvalue weighted by atomic mass is 10.2. The molecule has 0 unspecified atom stereocenters. The zero-order valence-corrected chi connectivity index (χ0v) is 9.33. The number of hydrogen-bond donors (Lipinski definition) is 1. The summed E-state index contributed by atoms with van der Waals surface area (Å²) >= 11 is 0. The number of rotatable bonds is 2. The van der Waals surface area contributed by atoms with Gasteiger partial charge in [-0.15, -0.1) is 0 Å². The van der Waals surface area contributed by atoms with Gasteiger partial charge in [-0.25, -0.2) is 0 Å². The SMILES string of the molecule is Nc1cc(C(F)(F)F)ccc1OCC(F)(F)F.[Cl-]. The van der Waals surface area contributed by atoms with Crippen LogP contribution in [-0.4, -0.2) is 12.8 Å². The van der Waals surface area contributed by atoms with E-state index in [1.54, 1.807) is 0 Å². The van der Waals surface area contributed by atoms with Crippen LogP contribution in [0.1, 0.15) is 5.56 Å². The molecule has 0 aliphatic rings. The molecule has 0 heterocycles. The Kier molecular flexibility index (Phi) is 5.15. The third-order valence-corrected chi connectivity index (χ3v) is 1.73. The van der Waals surface area contributed by atoms with Gasteiger partial charge >= 0.3 is 12.4 Å². The molecule has 0 amide bonds. The quantitative estimate of drug-likeness (QED) is 0.626. The van der Waals surface area contributed by atoms with Crippen LogP contribution < -0.4 is 22.9 Å². The van der Waals surface area contributed by atoms with E-state index in [2.05, 4.69) is 4.74 Å². The molecular formula is C9H7ClF6NO-. The van der Waals surface area contributed by atoms with Crippen molar-refractivity contribution in [1.29, 1.82) is 0 Å². The molecule has 0 bridgehead atoms. The minimum atomic E-state index is -4.60. The van der Waals surface area contributed by atoms with Crippen LogP contribution in [0.25, 0.3) is 0 Å². The molecule has 0 fully saturated rings. The zero-order valence-electron chi connectivity index (χ0n) is 8.57. The molecule has 0 saturated heterocycles. The summed E-state index contributed by atoms with van der Waals surface area (Å²) in [7, 11) is 0. The van der Waals surface area contributed by atoms with Gasteiger partial charge in [0.25, 0.3) is 0 Å². The monoisotopic (exact) mass is 294 g/mol. The van der Waals surface area contributed by atoms with E-state index in [9.17, 15) is 26.3 Å². The number of ether oxygens (including phenoxy) is 1. The van der Waals surface area contributed by atoms with Crippen LogP contribution in [0.2, 0.25) is 0 Å². The maximum atomic E-state index is 12.2. The van der Waals surface area contributed by atoms with Crippen molar-refractivity contribution in [3.05, 3.63) is 23.8 Å². The number of anilines is 1. The first-order valence-corrected chi connectivity index (χ1v) is 4.26. The normalized spacial score (nSPS) is 11.9. The van der Waals surface area contributed by atoms with E-state index in [0.717, 1.165) is 6.07 Å². The van der Waals surface area contributed by atoms with E-state index in [1.165, 1.54) is 0 Å². The molecule has 104 valence electrons. The number of hydrogen-bond acceptors (Lipinski definition) is 2. The Hall–Kier alpha value is -1.31. The second-order valence-corrected chi connectivity index (χ2v) is 3.15. The van der Waals surface area contributed by atoms with E-state index in [4.69, 9.17) is 5.73 Å². The molecule has 1 rings (SSSR count). The van der Waals surface area contributed by atoms with Gasteiger partial charge in [0, 0.05) is 0 Å². The summed E-state index contributed by atoms with van der Waals surface area (Å²) in [5, 5.41) is 0. The standard InChI is InChI=1S/C9H7F6NO.ClH/c10-8(11,12)4-17-7-2-1-5(3-6(7)16)9(13,14)15;/h1-3H,4,16H2;1H/p-1. The first kappa shape index (κ1) is 16.7. The Bertz CT molecular complexity index is 403. The molecule has 1 aromatic carbocycles. The molecule has 2 N–H and O–H groups in total. The molecule has 0 radical (unpaired) electrons. The number of benzene rings is 1. The summed E-state index contributed by atoms with van der Waals surface area (Å²) in [6.07, 6.45) is -9.17. The van der Waals surface area contributed by atoms with Crippen LogP contribution in [0.5, 0.6) is 5.75 Å². The van der Waals surface area contributed by atoms with E-state index in [-0.39, 0.29) is 12.4 Å². The summed E-state index contributed by atoms with van der Waals surface area (Å²) in [4.78, 5) is 0. The fourth-order valence-electron chi connectivity index (χ4n) is 1.02. The molecule has 0 aliphatic carbocycles. The summed E-state index contributed by atoms with van der Waals surface area (Å²) in [6, 6.07) is 1.87. The van der Waals surface area contributed by atoms with Crippen molar-refractivity contribution in [3.63, 3.8) is 0 Å². The highest BCUT2D eigenvalue weighted by molar-refractivity contribution is 5.54. The lowest BCUT2D eigenvalue weighted by Crippen LogP contribution is -3.00. The Morgan fingerprint density at radius 3 is 2.00 bits per heavy atom. The smallest absolute Gasteiger partial charge is 0.422 e. The van der Waals surface area contributed by atoms with Gasteiger partial charge in [0.1, 0.15) is 5.75 Å². The second kappa shape index (κ2) is 5.55. The minimum Gasteiger partial charge on any atom is -1.00 e. The molecule has 1 aromatic rings. The molecule has 0 atom stereocenters. The van der Waals surface area contributed by atoms with Crippen LogP contribution in [0, 0.1) is 0 Å². The fourth-order valence-corrected chi connectivity index (χ4v) is 1.02. The van der Waals surface area contributed by atoms with Crippen LogP contribution in [0.3, 0.4) is 0 Å². The molecule has 18 heavy (non-hydrogen) atoms. The molecular weight excluding hydrogens is 288 g/mol. The van der Waals surface area contributed by atoms with Crippen molar-refractivity contribution >= 4 is 5.69 Å². The summed E-state index contributed by atoms with van der Waals surface area (Å²) in [6.45, 7) is -1.61. The lowest BCUT2D eigenvalue weighted by Gasteiger charge is -2.13. The first-order valence-electron chi connectivity index (χ1n) is 4.26. The van der Waals surface area contributed by atoms with Crippen molar-refractivity contribution in [2.24, 2.45) is 0 Å². The predicted octanol–water partition coefficient (Wildman–Crippen LogP) is 0.233. The molecule has 0 saturated carbocycles. The van der Waals surface area contributed by atoms with Crippen LogP contribution in [0.4, 0.5) is 32.0 Å². The van der Waals surface area contributed by atoms with Gasteiger partial charge in [0.15, 0.2) is 6.61 Å². The van der Waals surface area contributed by atoms with E-state index in [1.807, 2.05) is 0 Å². The molecule has 9 heteroatoms. The van der Waals surface area contributed by atoms with Gasteiger partial charge in [-0.05, 0) is 18.2 Å². The van der Waals surface area contributed by atoms with Gasteiger partial charge < -0.3 is 22.9 Å². The Balaban J connectivity index is 0.00000289. The summed E-state index contributed by atoms with van der Waals surface area (Å²) in [5.41, 5.74) is 3.61. The maximum Gasteiger partial charge on any atom is 0.422 e. The fraction of sp³-hybridized carbons (Fsp3) is 0.333. The number of nitrogen functional groups attached to an aromatic ring is 1. The third-order valence-electron chi connectivity index (χ3n) is 1.73. The minimum absolute atomic E-state index is 0.